The van der Waals surface area contributed by atoms with Gasteiger partial charge < -0.3 is 25.0 Å². The number of anilines is 3. The number of hydrogen-bond donors (Lipinski definition) is 1. The lowest BCUT2D eigenvalue weighted by Gasteiger charge is -2.31. The molecule has 2 aliphatic rings. The van der Waals surface area contributed by atoms with E-state index in [-0.39, 0.29) is 18.3 Å². The highest BCUT2D eigenvalue weighted by Crippen LogP contribution is 2.35. The van der Waals surface area contributed by atoms with Crippen molar-refractivity contribution in [3.63, 3.8) is 0 Å². The summed E-state index contributed by atoms with van der Waals surface area (Å²) in [6.45, 7) is 5.80. The van der Waals surface area contributed by atoms with Crippen LogP contribution in [0, 0.1) is 0 Å². The zero-order valence-corrected chi connectivity index (χ0v) is 16.9. The van der Waals surface area contributed by atoms with Crippen LogP contribution < -0.4 is 15.4 Å². The summed E-state index contributed by atoms with van der Waals surface area (Å²) in [4.78, 5) is 24.6. The van der Waals surface area contributed by atoms with Crippen LogP contribution in [0.15, 0.2) is 30.6 Å². The van der Waals surface area contributed by atoms with E-state index in [1.165, 1.54) is 11.9 Å². The molecule has 0 atom stereocenters. The van der Waals surface area contributed by atoms with Gasteiger partial charge >= 0.3 is 6.09 Å². The van der Waals surface area contributed by atoms with Crippen molar-refractivity contribution in [1.82, 2.24) is 14.9 Å². The first-order valence-corrected chi connectivity index (χ1v) is 10.1. The number of nitrogens with zero attached hydrogens (tertiary/aromatic N) is 4. The summed E-state index contributed by atoms with van der Waals surface area (Å²) in [7, 11) is 0. The fraction of sp³-hybridized carbons (Fsp3) is 0.476. The third kappa shape index (κ3) is 4.36. The molecule has 29 heavy (non-hydrogen) atoms. The van der Waals surface area contributed by atoms with Crippen LogP contribution in [0.5, 0.6) is 5.88 Å². The zero-order chi connectivity index (χ0) is 20.4. The van der Waals surface area contributed by atoms with E-state index in [0.29, 0.717) is 19.0 Å². The number of nitrogens with two attached hydrogens (primary N) is 1. The molecule has 2 aliphatic heterocycles. The quantitative estimate of drug-likeness (QED) is 0.792. The second-order valence-corrected chi connectivity index (χ2v) is 7.74. The summed E-state index contributed by atoms with van der Waals surface area (Å²) in [5, 5.41) is 0. The molecule has 4 rings (SSSR count). The van der Waals surface area contributed by atoms with E-state index < -0.39 is 0 Å². The van der Waals surface area contributed by atoms with E-state index in [9.17, 15) is 4.79 Å². The van der Waals surface area contributed by atoms with Crippen LogP contribution in [0.4, 0.5) is 22.0 Å². The van der Waals surface area contributed by atoms with Crippen LogP contribution in [-0.2, 0) is 11.2 Å². The van der Waals surface area contributed by atoms with Crippen LogP contribution in [0.25, 0.3) is 0 Å². The summed E-state index contributed by atoms with van der Waals surface area (Å²) in [6.07, 6.45) is 3.63. The maximum atomic E-state index is 12.0. The Hall–Kier alpha value is -3.03. The Balaban J connectivity index is 1.38. The summed E-state index contributed by atoms with van der Waals surface area (Å²) in [5.41, 5.74) is 9.03. The minimum absolute atomic E-state index is 0.0199. The number of aromatic nitrogens is 2. The molecule has 8 nitrogen and oxygen atoms in total. The van der Waals surface area contributed by atoms with Gasteiger partial charge in [-0.1, -0.05) is 0 Å². The molecular formula is C21H27N5O3. The van der Waals surface area contributed by atoms with E-state index in [0.717, 1.165) is 43.0 Å². The molecule has 0 spiro atoms. The number of benzene rings is 1. The maximum absolute atomic E-state index is 12.0. The number of carbonyl (C=O) groups excluding carboxylic acids is 1. The Morgan fingerprint density at radius 2 is 1.97 bits per heavy atom. The number of carbonyl (C=O) groups is 1. The maximum Gasteiger partial charge on any atom is 0.410 e. The van der Waals surface area contributed by atoms with Crippen LogP contribution in [0.1, 0.15) is 32.3 Å². The highest BCUT2D eigenvalue weighted by molar-refractivity contribution is 5.70. The first-order chi connectivity index (χ1) is 14.0. The minimum Gasteiger partial charge on any atom is -0.474 e. The van der Waals surface area contributed by atoms with Crippen molar-refractivity contribution in [2.24, 2.45) is 0 Å². The third-order valence-electron chi connectivity index (χ3n) is 5.23. The average Bonchev–Trinajstić information content (AvgIpc) is 3.11. The fourth-order valence-electron chi connectivity index (χ4n) is 3.80. The van der Waals surface area contributed by atoms with Crippen molar-refractivity contribution < 1.29 is 14.3 Å². The standard InChI is InChI=1S/C21H27N5O3/c1-14(2)28-21(27)25-8-6-17(7-9-25)29-20-12-19(23-13-24-20)26-10-5-15-11-16(22)3-4-18(15)26/h3-4,11-14,17H,5-10,22H2,1-2H3. The molecule has 3 heterocycles. The Kier molecular flexibility index (Phi) is 5.42. The van der Waals surface area contributed by atoms with E-state index in [4.69, 9.17) is 15.2 Å². The third-order valence-corrected chi connectivity index (χ3v) is 5.23. The van der Waals surface area contributed by atoms with Crippen molar-refractivity contribution in [2.75, 3.05) is 30.3 Å². The van der Waals surface area contributed by atoms with Gasteiger partial charge in [-0.15, -0.1) is 0 Å². The SMILES string of the molecule is CC(C)OC(=O)N1CCC(Oc2cc(N3CCc4cc(N)ccc43)ncn2)CC1. The lowest BCUT2D eigenvalue weighted by atomic mass is 10.1. The topological polar surface area (TPSA) is 93.8 Å². The molecule has 1 amide bonds. The molecule has 2 N–H and O–H groups in total. The van der Waals surface area contributed by atoms with E-state index in [2.05, 4.69) is 14.9 Å². The van der Waals surface area contributed by atoms with Crippen molar-refractivity contribution in [3.05, 3.63) is 36.2 Å². The summed E-state index contributed by atoms with van der Waals surface area (Å²) in [6, 6.07) is 7.84. The van der Waals surface area contributed by atoms with Gasteiger partial charge in [0.15, 0.2) is 0 Å². The number of fused-ring (bicyclic) bond motifs is 1. The summed E-state index contributed by atoms with van der Waals surface area (Å²) < 4.78 is 11.4. The molecule has 0 radical (unpaired) electrons. The molecule has 0 aliphatic carbocycles. The van der Waals surface area contributed by atoms with Crippen molar-refractivity contribution in [2.45, 2.75) is 45.3 Å². The van der Waals surface area contributed by atoms with Crippen molar-refractivity contribution in [1.29, 1.82) is 0 Å². The van der Waals surface area contributed by atoms with Crippen molar-refractivity contribution in [3.8, 4) is 5.88 Å². The largest absolute Gasteiger partial charge is 0.474 e. The Bertz CT molecular complexity index is 880. The number of amides is 1. The first kappa shape index (κ1) is 19.3. The smallest absolute Gasteiger partial charge is 0.410 e. The summed E-state index contributed by atoms with van der Waals surface area (Å²) >= 11 is 0. The van der Waals surface area contributed by atoms with Crippen LogP contribution in [0.3, 0.4) is 0 Å². The van der Waals surface area contributed by atoms with E-state index in [1.54, 1.807) is 4.90 Å². The number of nitrogen functional groups attached to an aromatic ring is 1. The van der Waals surface area contributed by atoms with E-state index in [1.807, 2.05) is 38.1 Å². The molecule has 2 aromatic rings. The minimum atomic E-state index is -0.254. The molecule has 0 bridgehead atoms. The summed E-state index contributed by atoms with van der Waals surface area (Å²) in [5.74, 6) is 1.37. The monoisotopic (exact) mass is 397 g/mol. The van der Waals surface area contributed by atoms with Crippen LogP contribution in [0.2, 0.25) is 0 Å². The van der Waals surface area contributed by atoms with Gasteiger partial charge in [0.25, 0.3) is 0 Å². The lowest BCUT2D eigenvalue weighted by Crippen LogP contribution is -2.42. The Morgan fingerprint density at radius 1 is 1.17 bits per heavy atom. The van der Waals surface area contributed by atoms with Gasteiger partial charge in [0.05, 0.1) is 6.10 Å². The predicted molar refractivity (Wildman–Crippen MR) is 110 cm³/mol. The Labute approximate surface area is 170 Å². The molecule has 1 fully saturated rings. The normalized spacial score (nSPS) is 16.8. The number of ether oxygens (including phenoxy) is 2. The van der Waals surface area contributed by atoms with E-state index >= 15 is 0 Å². The van der Waals surface area contributed by atoms with Gasteiger partial charge in [0.2, 0.25) is 5.88 Å². The zero-order valence-electron chi connectivity index (χ0n) is 16.9. The average molecular weight is 397 g/mol. The highest BCUT2D eigenvalue weighted by Gasteiger charge is 2.26. The molecule has 0 unspecified atom stereocenters. The Morgan fingerprint density at radius 3 is 2.72 bits per heavy atom. The second kappa shape index (κ2) is 8.14. The number of hydrogen-bond acceptors (Lipinski definition) is 7. The molecular weight excluding hydrogens is 370 g/mol. The van der Waals surface area contributed by atoms with Gasteiger partial charge in [-0.3, -0.25) is 0 Å². The highest BCUT2D eigenvalue weighted by atomic mass is 16.6. The molecule has 0 saturated carbocycles. The van der Waals surface area contributed by atoms with Gasteiger partial charge in [-0.2, -0.15) is 0 Å². The number of likely N-dealkylation sites (tertiary alicyclic amines) is 1. The molecule has 1 aromatic heterocycles. The molecule has 8 heteroatoms. The number of piperidine rings is 1. The molecule has 1 aromatic carbocycles. The van der Waals surface area contributed by atoms with Crippen molar-refractivity contribution >= 4 is 23.3 Å². The first-order valence-electron chi connectivity index (χ1n) is 10.1. The van der Waals surface area contributed by atoms with Gasteiger partial charge in [-0.05, 0) is 44.0 Å². The molecule has 154 valence electrons. The molecule has 1 saturated heterocycles. The number of rotatable bonds is 4. The lowest BCUT2D eigenvalue weighted by molar-refractivity contribution is 0.0507. The van der Waals surface area contributed by atoms with Crippen LogP contribution in [-0.4, -0.2) is 52.8 Å². The fourth-order valence-corrected chi connectivity index (χ4v) is 3.80. The van der Waals surface area contributed by atoms with Gasteiger partial charge in [-0.25, -0.2) is 14.8 Å². The van der Waals surface area contributed by atoms with Gasteiger partial charge in [0, 0.05) is 49.9 Å². The van der Waals surface area contributed by atoms with Crippen LogP contribution >= 0.6 is 0 Å². The predicted octanol–water partition coefficient (Wildman–Crippen LogP) is 3.14. The second-order valence-electron chi connectivity index (χ2n) is 7.74. The van der Waals surface area contributed by atoms with Gasteiger partial charge in [0.1, 0.15) is 18.2 Å².